The van der Waals surface area contributed by atoms with Gasteiger partial charge in [0, 0.05) is 30.5 Å². The van der Waals surface area contributed by atoms with Crippen LogP contribution >= 0.6 is 0 Å². The summed E-state index contributed by atoms with van der Waals surface area (Å²) < 4.78 is 12.5. The maximum atomic E-state index is 14.4. The van der Waals surface area contributed by atoms with Crippen molar-refractivity contribution in [2.45, 2.75) is 44.9 Å². The van der Waals surface area contributed by atoms with E-state index in [-0.39, 0.29) is 17.6 Å². The minimum absolute atomic E-state index is 0.00118. The Balaban J connectivity index is 1.26. The minimum Gasteiger partial charge on any atom is -0.489 e. The number of ether oxygens (including phenoxy) is 2. The molecule has 0 spiro atoms. The minimum atomic E-state index is -0.628. The molecule has 6 heteroatoms. The Morgan fingerprint density at radius 1 is 0.745 bits per heavy atom. The van der Waals surface area contributed by atoms with Gasteiger partial charge < -0.3 is 14.8 Å². The van der Waals surface area contributed by atoms with Gasteiger partial charge in [-0.05, 0) is 59.0 Å². The van der Waals surface area contributed by atoms with Gasteiger partial charge in [-0.15, -0.1) is 0 Å². The first-order chi connectivity index (χ1) is 23.0. The van der Waals surface area contributed by atoms with Crippen LogP contribution in [-0.4, -0.2) is 11.7 Å². The third-order valence-electron chi connectivity index (χ3n) is 8.85. The number of nitrogens with zero attached hydrogens (tertiary/aromatic N) is 1. The average Bonchev–Trinajstić information content (AvgIpc) is 3.26. The second-order valence-corrected chi connectivity index (χ2v) is 12.0. The molecular formula is C41H36N2O4. The van der Waals surface area contributed by atoms with E-state index in [0.717, 1.165) is 45.1 Å². The Labute approximate surface area is 275 Å². The molecule has 0 bridgehead atoms. The molecule has 5 aromatic carbocycles. The second-order valence-electron chi connectivity index (χ2n) is 12.0. The fraction of sp³-hybridized carbons (Fsp3) is 0.171. The van der Waals surface area contributed by atoms with Gasteiger partial charge in [-0.25, -0.2) is 0 Å². The summed E-state index contributed by atoms with van der Waals surface area (Å²) in [5.41, 5.74) is 6.89. The molecule has 1 N–H and O–H groups in total. The van der Waals surface area contributed by atoms with Crippen LogP contribution in [0.3, 0.4) is 0 Å². The molecule has 2 aliphatic rings. The van der Waals surface area contributed by atoms with E-state index in [2.05, 4.69) is 11.4 Å². The molecule has 6 nitrogen and oxygen atoms in total. The molecule has 234 valence electrons. The lowest BCUT2D eigenvalue weighted by Crippen LogP contribution is -2.37. The summed E-state index contributed by atoms with van der Waals surface area (Å²) in [7, 11) is 0. The zero-order chi connectivity index (χ0) is 32.2. The van der Waals surface area contributed by atoms with Gasteiger partial charge >= 0.3 is 0 Å². The Morgan fingerprint density at radius 2 is 1.40 bits per heavy atom. The third-order valence-corrected chi connectivity index (χ3v) is 8.85. The van der Waals surface area contributed by atoms with E-state index >= 15 is 0 Å². The van der Waals surface area contributed by atoms with Crippen molar-refractivity contribution in [3.63, 3.8) is 0 Å². The van der Waals surface area contributed by atoms with Gasteiger partial charge in [-0.2, -0.15) is 0 Å². The van der Waals surface area contributed by atoms with Gasteiger partial charge in [0.1, 0.15) is 24.7 Å². The lowest BCUT2D eigenvalue weighted by Gasteiger charge is -2.35. The number of hydrogen-bond acceptors (Lipinski definition) is 5. The van der Waals surface area contributed by atoms with E-state index in [1.807, 2.05) is 127 Å². The molecule has 1 aliphatic carbocycles. The smallest absolute Gasteiger partial charge is 0.224 e. The number of anilines is 2. The molecule has 2 atom stereocenters. The van der Waals surface area contributed by atoms with Crippen molar-refractivity contribution in [1.82, 2.24) is 0 Å². The molecule has 0 saturated heterocycles. The predicted octanol–water partition coefficient (Wildman–Crippen LogP) is 8.77. The monoisotopic (exact) mass is 620 g/mol. The number of benzene rings is 5. The normalized spacial score (nSPS) is 17.2. The number of rotatable bonds is 8. The highest BCUT2D eigenvalue weighted by Crippen LogP contribution is 2.48. The van der Waals surface area contributed by atoms with Crippen LogP contribution in [0.15, 0.2) is 145 Å². The number of fused-ring (bicyclic) bond motifs is 1. The number of nitrogens with one attached hydrogen (secondary N) is 1. The Hall–Kier alpha value is -5.62. The van der Waals surface area contributed by atoms with E-state index in [1.165, 1.54) is 0 Å². The topological polar surface area (TPSA) is 67.9 Å². The lowest BCUT2D eigenvalue weighted by molar-refractivity contribution is -0.117. The zero-order valence-corrected chi connectivity index (χ0v) is 26.3. The molecule has 1 aliphatic heterocycles. The first-order valence-electron chi connectivity index (χ1n) is 16.0. The summed E-state index contributed by atoms with van der Waals surface area (Å²) in [6.07, 6.45) is 0.891. The van der Waals surface area contributed by atoms with Crippen molar-refractivity contribution in [2.24, 2.45) is 0 Å². The summed E-state index contributed by atoms with van der Waals surface area (Å²) >= 11 is 0. The van der Waals surface area contributed by atoms with Crippen molar-refractivity contribution in [3.8, 4) is 11.5 Å². The molecule has 5 aromatic rings. The number of para-hydroxylation sites is 3. The van der Waals surface area contributed by atoms with Crippen molar-refractivity contribution >= 4 is 23.1 Å². The highest BCUT2D eigenvalue weighted by molar-refractivity contribution is 6.06. The number of allylic oxidation sites excluding steroid dienone is 1. The number of carbonyl (C=O) groups excluding carboxylic acids is 2. The number of carbonyl (C=O) groups is 2. The molecule has 0 aromatic heterocycles. The highest BCUT2D eigenvalue weighted by Gasteiger charge is 2.41. The maximum absolute atomic E-state index is 14.4. The molecule has 0 fully saturated rings. The fourth-order valence-electron chi connectivity index (χ4n) is 6.67. The van der Waals surface area contributed by atoms with Gasteiger partial charge in [-0.3, -0.25) is 14.5 Å². The molecule has 1 heterocycles. The molecule has 7 rings (SSSR count). The number of ketones is 1. The van der Waals surface area contributed by atoms with Gasteiger partial charge in [-0.1, -0.05) is 103 Å². The van der Waals surface area contributed by atoms with Crippen LogP contribution in [-0.2, 0) is 22.8 Å². The Kier molecular flexibility index (Phi) is 8.56. The van der Waals surface area contributed by atoms with Crippen LogP contribution in [0, 0.1) is 0 Å². The lowest BCUT2D eigenvalue weighted by atomic mass is 9.78. The van der Waals surface area contributed by atoms with E-state index in [1.54, 1.807) is 11.8 Å². The van der Waals surface area contributed by atoms with E-state index in [9.17, 15) is 9.59 Å². The first-order valence-corrected chi connectivity index (χ1v) is 16.0. The number of hydrogen-bond donors (Lipinski definition) is 1. The van der Waals surface area contributed by atoms with Crippen molar-refractivity contribution < 1.29 is 19.1 Å². The summed E-state index contributed by atoms with van der Waals surface area (Å²) in [5, 5.41) is 3.61. The fourth-order valence-corrected chi connectivity index (χ4v) is 6.67. The third kappa shape index (κ3) is 6.40. The van der Waals surface area contributed by atoms with Crippen molar-refractivity contribution in [1.29, 1.82) is 0 Å². The SMILES string of the molecule is CC(=O)N1c2ccccc2NC2=C(C(=O)CC(c3ccccc3OCc3ccccc3)C2)C1c1cccc(OCc2ccccc2)c1. The van der Waals surface area contributed by atoms with E-state index in [4.69, 9.17) is 9.47 Å². The van der Waals surface area contributed by atoms with E-state index in [0.29, 0.717) is 37.4 Å². The first kappa shape index (κ1) is 30.1. The number of amides is 1. The van der Waals surface area contributed by atoms with Gasteiger partial charge in [0.2, 0.25) is 5.91 Å². The largest absolute Gasteiger partial charge is 0.489 e. The zero-order valence-electron chi connectivity index (χ0n) is 26.3. The summed E-state index contributed by atoms with van der Waals surface area (Å²) in [6, 6.07) is 42.9. The Morgan fingerprint density at radius 3 is 2.15 bits per heavy atom. The van der Waals surface area contributed by atoms with Crippen LogP contribution in [0.5, 0.6) is 11.5 Å². The number of Topliss-reactive ketones (excluding diaryl/α,β-unsaturated/α-hetero) is 1. The van der Waals surface area contributed by atoms with Gasteiger partial charge in [0.25, 0.3) is 0 Å². The summed E-state index contributed by atoms with van der Waals surface area (Å²) in [5.74, 6) is 1.20. The van der Waals surface area contributed by atoms with Gasteiger partial charge in [0.05, 0.1) is 17.4 Å². The van der Waals surface area contributed by atoms with Crippen LogP contribution in [0.1, 0.15) is 54.0 Å². The standard InChI is InChI=1S/C41H36N2O4/c1-28(44)43-37-21-10-9-20-35(37)42-36-24-32(34-19-8-11-22-39(34)47-27-30-15-6-3-7-16-30)25-38(45)40(36)41(43)31-17-12-18-33(23-31)46-26-29-13-4-2-5-14-29/h2-23,32,41-42H,24-27H2,1H3. The molecule has 1 amide bonds. The molecular weight excluding hydrogens is 584 g/mol. The van der Waals surface area contributed by atoms with Crippen molar-refractivity contribution in [3.05, 3.63) is 167 Å². The highest BCUT2D eigenvalue weighted by atomic mass is 16.5. The molecule has 0 radical (unpaired) electrons. The predicted molar refractivity (Wildman–Crippen MR) is 184 cm³/mol. The molecule has 0 saturated carbocycles. The van der Waals surface area contributed by atoms with Crippen LogP contribution in [0.2, 0.25) is 0 Å². The van der Waals surface area contributed by atoms with Crippen LogP contribution in [0.4, 0.5) is 11.4 Å². The quantitative estimate of drug-likeness (QED) is 0.188. The van der Waals surface area contributed by atoms with E-state index < -0.39 is 6.04 Å². The maximum Gasteiger partial charge on any atom is 0.224 e. The summed E-state index contributed by atoms with van der Waals surface area (Å²) in [6.45, 7) is 2.41. The van der Waals surface area contributed by atoms with Crippen LogP contribution < -0.4 is 19.7 Å². The average molecular weight is 621 g/mol. The van der Waals surface area contributed by atoms with Crippen LogP contribution in [0.25, 0.3) is 0 Å². The molecule has 47 heavy (non-hydrogen) atoms. The molecule has 2 unspecified atom stereocenters. The van der Waals surface area contributed by atoms with Gasteiger partial charge in [0.15, 0.2) is 5.78 Å². The second kappa shape index (κ2) is 13.4. The summed E-state index contributed by atoms with van der Waals surface area (Å²) in [4.78, 5) is 29.7. The Bertz CT molecular complexity index is 1940. The van der Waals surface area contributed by atoms with Crippen molar-refractivity contribution in [2.75, 3.05) is 10.2 Å².